The highest BCUT2D eigenvalue weighted by molar-refractivity contribution is 4.92. The van der Waals surface area contributed by atoms with Crippen LogP contribution in [0.25, 0.3) is 0 Å². The molecular formula is C12H25NO5. The molecule has 0 aliphatic carbocycles. The fraction of sp³-hybridized carbons (Fsp3) is 1.00. The van der Waals surface area contributed by atoms with E-state index in [1.54, 1.807) is 14.2 Å². The van der Waals surface area contributed by atoms with Crippen LogP contribution in [0.1, 0.15) is 19.3 Å². The minimum Gasteiger partial charge on any atom is -0.396 e. The standard InChI is InChI=1S/C12H25NO5/c1-15-8-17-11-7-13-10(5-3-4-6-14)12(11)18-9-16-2/h10-14H,3-9H2,1-2H3/t10-,11-,12-/m0/s1. The summed E-state index contributed by atoms with van der Waals surface area (Å²) < 4.78 is 21.1. The molecule has 0 aromatic heterocycles. The molecule has 0 saturated carbocycles. The Morgan fingerprint density at radius 3 is 2.50 bits per heavy atom. The minimum atomic E-state index is -0.0289. The molecule has 18 heavy (non-hydrogen) atoms. The Labute approximate surface area is 109 Å². The van der Waals surface area contributed by atoms with Crippen molar-refractivity contribution in [1.29, 1.82) is 0 Å². The van der Waals surface area contributed by atoms with Crippen molar-refractivity contribution >= 4 is 0 Å². The lowest BCUT2D eigenvalue weighted by molar-refractivity contribution is -0.146. The van der Waals surface area contributed by atoms with Crippen LogP contribution in [0.2, 0.25) is 0 Å². The van der Waals surface area contributed by atoms with Gasteiger partial charge in [0, 0.05) is 33.4 Å². The van der Waals surface area contributed by atoms with Gasteiger partial charge in [0.1, 0.15) is 25.8 Å². The number of aliphatic hydroxyl groups is 1. The zero-order valence-electron chi connectivity index (χ0n) is 11.3. The van der Waals surface area contributed by atoms with Gasteiger partial charge in [-0.3, -0.25) is 0 Å². The highest BCUT2D eigenvalue weighted by Gasteiger charge is 2.37. The van der Waals surface area contributed by atoms with Crippen molar-refractivity contribution in [3.63, 3.8) is 0 Å². The van der Waals surface area contributed by atoms with Crippen LogP contribution in [-0.2, 0) is 18.9 Å². The second-order valence-corrected chi connectivity index (χ2v) is 4.38. The highest BCUT2D eigenvalue weighted by Crippen LogP contribution is 2.20. The maximum absolute atomic E-state index is 8.80. The summed E-state index contributed by atoms with van der Waals surface area (Å²) in [4.78, 5) is 0. The molecule has 0 amide bonds. The molecule has 1 aliphatic rings. The largest absolute Gasteiger partial charge is 0.396 e. The summed E-state index contributed by atoms with van der Waals surface area (Å²) in [6.07, 6.45) is 2.71. The van der Waals surface area contributed by atoms with Gasteiger partial charge in [0.05, 0.1) is 0 Å². The van der Waals surface area contributed by atoms with Crippen molar-refractivity contribution in [3.05, 3.63) is 0 Å². The Balaban J connectivity index is 2.39. The van der Waals surface area contributed by atoms with Gasteiger partial charge < -0.3 is 29.4 Å². The smallest absolute Gasteiger partial charge is 0.146 e. The maximum Gasteiger partial charge on any atom is 0.146 e. The Morgan fingerprint density at radius 2 is 1.83 bits per heavy atom. The quantitative estimate of drug-likeness (QED) is 0.430. The number of rotatable bonds is 10. The van der Waals surface area contributed by atoms with Gasteiger partial charge in [0.2, 0.25) is 0 Å². The predicted octanol–water partition coefficient (Wildman–Crippen LogP) is 0.0990. The van der Waals surface area contributed by atoms with E-state index >= 15 is 0 Å². The lowest BCUT2D eigenvalue weighted by Gasteiger charge is -2.24. The molecule has 1 saturated heterocycles. The van der Waals surface area contributed by atoms with Gasteiger partial charge >= 0.3 is 0 Å². The zero-order chi connectivity index (χ0) is 13.2. The molecule has 0 spiro atoms. The first-order valence-corrected chi connectivity index (χ1v) is 6.38. The first-order valence-electron chi connectivity index (χ1n) is 6.38. The van der Waals surface area contributed by atoms with E-state index in [-0.39, 0.29) is 38.4 Å². The second-order valence-electron chi connectivity index (χ2n) is 4.38. The van der Waals surface area contributed by atoms with E-state index in [1.807, 2.05) is 0 Å². The van der Waals surface area contributed by atoms with Crippen LogP contribution < -0.4 is 5.32 Å². The number of hydrogen-bond acceptors (Lipinski definition) is 6. The van der Waals surface area contributed by atoms with E-state index in [2.05, 4.69) is 5.32 Å². The van der Waals surface area contributed by atoms with Crippen LogP contribution in [-0.4, -0.2) is 64.3 Å². The van der Waals surface area contributed by atoms with E-state index in [4.69, 9.17) is 24.1 Å². The van der Waals surface area contributed by atoms with E-state index in [9.17, 15) is 0 Å². The molecule has 3 atom stereocenters. The van der Waals surface area contributed by atoms with E-state index < -0.39 is 0 Å². The summed E-state index contributed by atoms with van der Waals surface area (Å²) >= 11 is 0. The third-order valence-electron chi connectivity index (χ3n) is 3.05. The molecule has 1 fully saturated rings. The molecule has 0 bridgehead atoms. The molecule has 0 radical (unpaired) electrons. The van der Waals surface area contributed by atoms with Crippen molar-refractivity contribution in [3.8, 4) is 0 Å². The van der Waals surface area contributed by atoms with Gasteiger partial charge in [-0.25, -0.2) is 0 Å². The van der Waals surface area contributed by atoms with Gasteiger partial charge in [-0.15, -0.1) is 0 Å². The number of methoxy groups -OCH3 is 2. The van der Waals surface area contributed by atoms with Crippen LogP contribution in [0, 0.1) is 0 Å². The van der Waals surface area contributed by atoms with Crippen LogP contribution in [0.5, 0.6) is 0 Å². The van der Waals surface area contributed by atoms with Crippen molar-refractivity contribution < 1.29 is 24.1 Å². The van der Waals surface area contributed by atoms with E-state index in [0.717, 1.165) is 25.8 Å². The molecule has 0 aromatic rings. The Bertz CT molecular complexity index is 205. The van der Waals surface area contributed by atoms with Gasteiger partial charge in [-0.2, -0.15) is 0 Å². The van der Waals surface area contributed by atoms with Crippen molar-refractivity contribution in [2.45, 2.75) is 37.5 Å². The fourth-order valence-corrected chi connectivity index (χ4v) is 2.18. The Morgan fingerprint density at radius 1 is 1.11 bits per heavy atom. The average molecular weight is 263 g/mol. The summed E-state index contributed by atoms with van der Waals surface area (Å²) in [5.41, 5.74) is 0. The summed E-state index contributed by atoms with van der Waals surface area (Å²) in [5, 5.41) is 12.2. The Hall–Kier alpha value is -0.240. The molecule has 108 valence electrons. The molecule has 6 nitrogen and oxygen atoms in total. The van der Waals surface area contributed by atoms with Crippen LogP contribution >= 0.6 is 0 Å². The molecule has 1 heterocycles. The summed E-state index contributed by atoms with van der Waals surface area (Å²) in [7, 11) is 3.21. The van der Waals surface area contributed by atoms with E-state index in [1.165, 1.54) is 0 Å². The lowest BCUT2D eigenvalue weighted by Crippen LogP contribution is -2.37. The molecule has 1 rings (SSSR count). The SMILES string of the molecule is COCO[C@H]1[C@H](CCCCO)NC[C@@H]1OCOC. The van der Waals surface area contributed by atoms with Gasteiger partial charge in [0.25, 0.3) is 0 Å². The van der Waals surface area contributed by atoms with Crippen molar-refractivity contribution in [1.82, 2.24) is 5.32 Å². The molecule has 1 aliphatic heterocycles. The number of aliphatic hydroxyl groups excluding tert-OH is 1. The van der Waals surface area contributed by atoms with Gasteiger partial charge in [-0.05, 0) is 19.3 Å². The number of ether oxygens (including phenoxy) is 4. The molecule has 6 heteroatoms. The first-order chi connectivity index (χ1) is 8.83. The molecule has 0 unspecified atom stereocenters. The molecule has 2 N–H and O–H groups in total. The topological polar surface area (TPSA) is 69.2 Å². The number of unbranched alkanes of at least 4 members (excludes halogenated alkanes) is 1. The average Bonchev–Trinajstić information content (AvgIpc) is 2.76. The van der Waals surface area contributed by atoms with Crippen LogP contribution in [0.15, 0.2) is 0 Å². The normalized spacial score (nSPS) is 27.8. The number of hydrogen-bond donors (Lipinski definition) is 2. The highest BCUT2D eigenvalue weighted by atomic mass is 16.7. The summed E-state index contributed by atoms with van der Waals surface area (Å²) in [6, 6.07) is 0.244. The Kier molecular flexibility index (Phi) is 8.49. The molecule has 0 aromatic carbocycles. The molecular weight excluding hydrogens is 238 g/mol. The zero-order valence-corrected chi connectivity index (χ0v) is 11.3. The number of nitrogens with one attached hydrogen (secondary N) is 1. The van der Waals surface area contributed by atoms with Crippen LogP contribution in [0.4, 0.5) is 0 Å². The third kappa shape index (κ3) is 5.17. The van der Waals surface area contributed by atoms with Gasteiger partial charge in [-0.1, -0.05) is 0 Å². The van der Waals surface area contributed by atoms with Gasteiger partial charge in [0.15, 0.2) is 0 Å². The maximum atomic E-state index is 8.80. The fourth-order valence-electron chi connectivity index (χ4n) is 2.18. The van der Waals surface area contributed by atoms with E-state index in [0.29, 0.717) is 0 Å². The predicted molar refractivity (Wildman–Crippen MR) is 66.2 cm³/mol. The second kappa shape index (κ2) is 9.66. The van der Waals surface area contributed by atoms with Crippen LogP contribution in [0.3, 0.4) is 0 Å². The third-order valence-corrected chi connectivity index (χ3v) is 3.05. The van der Waals surface area contributed by atoms with Crippen molar-refractivity contribution in [2.75, 3.05) is 41.0 Å². The lowest BCUT2D eigenvalue weighted by atomic mass is 10.0. The summed E-state index contributed by atoms with van der Waals surface area (Å²) in [5.74, 6) is 0. The summed E-state index contributed by atoms with van der Waals surface area (Å²) in [6.45, 7) is 1.51. The minimum absolute atomic E-state index is 0.0146. The monoisotopic (exact) mass is 263 g/mol. The first kappa shape index (κ1) is 15.8. The van der Waals surface area contributed by atoms with Crippen molar-refractivity contribution in [2.24, 2.45) is 0 Å².